The number of H-pyrrole nitrogens is 2. The van der Waals surface area contributed by atoms with Gasteiger partial charge in [-0.15, -0.1) is 0 Å². The second kappa shape index (κ2) is 8.75. The first kappa shape index (κ1) is 20.2. The molecule has 0 aliphatic carbocycles. The van der Waals surface area contributed by atoms with Crippen molar-refractivity contribution in [2.75, 3.05) is 18.4 Å². The highest BCUT2D eigenvalue weighted by atomic mass is 16.3. The molecule has 1 aliphatic heterocycles. The van der Waals surface area contributed by atoms with Gasteiger partial charge in [-0.05, 0) is 87.5 Å². The monoisotopic (exact) mass is 408 g/mol. The van der Waals surface area contributed by atoms with Crippen LogP contribution in [0.5, 0.6) is 5.75 Å². The molecule has 3 aromatic rings. The Morgan fingerprint density at radius 2 is 1.83 bits per heavy atom. The molecule has 4 rings (SSSR count). The van der Waals surface area contributed by atoms with Gasteiger partial charge in [0.05, 0.1) is 17.1 Å². The Kier molecular flexibility index (Phi) is 5.90. The summed E-state index contributed by atoms with van der Waals surface area (Å²) in [6, 6.07) is 12.6. The summed E-state index contributed by atoms with van der Waals surface area (Å²) in [7, 11) is 0. The molecule has 7 heteroatoms. The Morgan fingerprint density at radius 3 is 2.57 bits per heavy atom. The van der Waals surface area contributed by atoms with E-state index in [0.717, 1.165) is 44.3 Å². The number of nitrogens with one attached hydrogen (secondary N) is 3. The normalized spacial score (nSPS) is 16.6. The number of amides is 1. The Labute approximate surface area is 175 Å². The Hall–Kier alpha value is -3.06. The van der Waals surface area contributed by atoms with E-state index in [-0.39, 0.29) is 17.6 Å². The highest BCUT2D eigenvalue weighted by molar-refractivity contribution is 5.96. The van der Waals surface area contributed by atoms with Crippen molar-refractivity contribution < 1.29 is 9.90 Å². The second-order valence-corrected chi connectivity index (χ2v) is 8.19. The first-order valence-electron chi connectivity index (χ1n) is 10.5. The molecule has 30 heavy (non-hydrogen) atoms. The minimum absolute atomic E-state index is 0.0326. The lowest BCUT2D eigenvalue weighted by atomic mass is 9.90. The van der Waals surface area contributed by atoms with Gasteiger partial charge in [0.1, 0.15) is 5.75 Å². The lowest BCUT2D eigenvalue weighted by Crippen LogP contribution is -2.46. The maximum atomic E-state index is 12.7. The molecule has 1 saturated heterocycles. The third kappa shape index (κ3) is 4.74. The van der Waals surface area contributed by atoms with E-state index in [4.69, 9.17) is 0 Å². The summed E-state index contributed by atoms with van der Waals surface area (Å²) in [5, 5.41) is 12.4. The van der Waals surface area contributed by atoms with Crippen LogP contribution in [0.15, 0.2) is 47.3 Å². The molecule has 2 aromatic carbocycles. The average Bonchev–Trinajstić information content (AvgIpc) is 3.12. The first-order chi connectivity index (χ1) is 14.5. The van der Waals surface area contributed by atoms with Crippen molar-refractivity contribution in [3.05, 3.63) is 58.5 Å². The van der Waals surface area contributed by atoms with Crippen LogP contribution in [0.25, 0.3) is 11.0 Å². The van der Waals surface area contributed by atoms with Gasteiger partial charge in [0.25, 0.3) is 0 Å². The van der Waals surface area contributed by atoms with Crippen molar-refractivity contribution in [3.8, 4) is 5.75 Å². The highest BCUT2D eigenvalue weighted by Gasteiger charge is 2.26. The molecular formula is C23H28N4O3. The van der Waals surface area contributed by atoms with E-state index < -0.39 is 0 Å². The van der Waals surface area contributed by atoms with E-state index in [1.54, 1.807) is 30.3 Å². The van der Waals surface area contributed by atoms with Crippen molar-refractivity contribution in [3.63, 3.8) is 0 Å². The predicted octanol–water partition coefficient (Wildman–Crippen LogP) is 3.23. The number of benzene rings is 2. The van der Waals surface area contributed by atoms with Gasteiger partial charge >= 0.3 is 5.69 Å². The summed E-state index contributed by atoms with van der Waals surface area (Å²) >= 11 is 0. The number of hydrogen-bond donors (Lipinski definition) is 4. The SMILES string of the molecule is CC(C(=O)Nc1ccc2[nH]c(=O)[nH]c2c1)N1CCC(CCc2ccc(O)cc2)CC1. The summed E-state index contributed by atoms with van der Waals surface area (Å²) in [6.07, 6.45) is 4.33. The van der Waals surface area contributed by atoms with Gasteiger partial charge in [0.2, 0.25) is 5.91 Å². The van der Waals surface area contributed by atoms with Crippen LogP contribution in [0.4, 0.5) is 5.69 Å². The topological polar surface area (TPSA) is 101 Å². The number of nitrogens with zero attached hydrogens (tertiary/aromatic N) is 1. The van der Waals surface area contributed by atoms with E-state index in [1.165, 1.54) is 5.56 Å². The number of hydrogen-bond acceptors (Lipinski definition) is 4. The zero-order chi connectivity index (χ0) is 21.1. The molecule has 0 saturated carbocycles. The molecule has 1 atom stereocenters. The lowest BCUT2D eigenvalue weighted by molar-refractivity contribution is -0.121. The molecular weight excluding hydrogens is 380 g/mol. The largest absolute Gasteiger partial charge is 0.508 e. The fourth-order valence-electron chi connectivity index (χ4n) is 4.19. The second-order valence-electron chi connectivity index (χ2n) is 8.19. The van der Waals surface area contributed by atoms with Gasteiger partial charge < -0.3 is 20.4 Å². The van der Waals surface area contributed by atoms with Gasteiger partial charge in [-0.1, -0.05) is 12.1 Å². The number of rotatable bonds is 6. The van der Waals surface area contributed by atoms with Crippen molar-refractivity contribution in [2.45, 2.75) is 38.6 Å². The maximum Gasteiger partial charge on any atom is 0.323 e. The number of imidazole rings is 1. The molecule has 4 N–H and O–H groups in total. The smallest absolute Gasteiger partial charge is 0.323 e. The van der Waals surface area contributed by atoms with Crippen LogP contribution >= 0.6 is 0 Å². The van der Waals surface area contributed by atoms with E-state index >= 15 is 0 Å². The van der Waals surface area contributed by atoms with Crippen molar-refractivity contribution in [1.82, 2.24) is 14.9 Å². The number of aromatic hydroxyl groups is 1. The van der Waals surface area contributed by atoms with Gasteiger partial charge in [-0.3, -0.25) is 9.69 Å². The van der Waals surface area contributed by atoms with Crippen molar-refractivity contribution in [1.29, 1.82) is 0 Å². The van der Waals surface area contributed by atoms with Gasteiger partial charge in [-0.2, -0.15) is 0 Å². The zero-order valence-electron chi connectivity index (χ0n) is 17.1. The zero-order valence-corrected chi connectivity index (χ0v) is 17.1. The third-order valence-corrected chi connectivity index (χ3v) is 6.14. The molecule has 2 heterocycles. The van der Waals surface area contributed by atoms with Gasteiger partial charge in [0.15, 0.2) is 0 Å². The maximum absolute atomic E-state index is 12.7. The molecule has 1 aliphatic rings. The fraction of sp³-hybridized carbons (Fsp3) is 0.391. The number of phenolic OH excluding ortho intramolecular Hbond substituents is 1. The molecule has 1 fully saturated rings. The standard InChI is InChI=1S/C23H28N4O3/c1-15(22(29)24-18-6-9-20-21(14-18)26-23(30)25-20)27-12-10-17(11-13-27)3-2-16-4-7-19(28)8-5-16/h4-9,14-15,17,28H,2-3,10-13H2,1H3,(H,24,29)(H2,25,26,30). The quantitative estimate of drug-likeness (QED) is 0.503. The number of carbonyl (C=O) groups is 1. The molecule has 1 amide bonds. The van der Waals surface area contributed by atoms with Gasteiger partial charge in [-0.25, -0.2) is 4.79 Å². The Bertz CT molecular complexity index is 1060. The Balaban J connectivity index is 1.26. The summed E-state index contributed by atoms with van der Waals surface area (Å²) in [5.41, 5.74) is 3.08. The molecule has 0 spiro atoms. The molecule has 158 valence electrons. The number of fused-ring (bicyclic) bond motifs is 1. The van der Waals surface area contributed by atoms with E-state index in [2.05, 4.69) is 20.2 Å². The lowest BCUT2D eigenvalue weighted by Gasteiger charge is -2.35. The highest BCUT2D eigenvalue weighted by Crippen LogP contribution is 2.24. The number of piperidine rings is 1. The first-order valence-corrected chi connectivity index (χ1v) is 10.5. The van der Waals surface area contributed by atoms with Crippen molar-refractivity contribution >= 4 is 22.6 Å². The Morgan fingerprint density at radius 1 is 1.13 bits per heavy atom. The number of aryl methyl sites for hydroxylation is 1. The van der Waals surface area contributed by atoms with Crippen LogP contribution < -0.4 is 11.0 Å². The molecule has 1 aromatic heterocycles. The number of anilines is 1. The average molecular weight is 409 g/mol. The van der Waals surface area contributed by atoms with Crippen LogP contribution in [0, 0.1) is 5.92 Å². The van der Waals surface area contributed by atoms with Crippen molar-refractivity contribution in [2.24, 2.45) is 5.92 Å². The number of carbonyl (C=O) groups excluding carboxylic acids is 1. The molecule has 1 unspecified atom stereocenters. The number of phenols is 1. The van der Waals surface area contributed by atoms with Crippen LogP contribution in [0.3, 0.4) is 0 Å². The van der Waals surface area contributed by atoms with Gasteiger partial charge in [0, 0.05) is 5.69 Å². The molecule has 0 radical (unpaired) electrons. The van der Waals surface area contributed by atoms with E-state index in [9.17, 15) is 14.7 Å². The van der Waals surface area contributed by atoms with Crippen LogP contribution in [0.2, 0.25) is 0 Å². The molecule has 7 nitrogen and oxygen atoms in total. The third-order valence-electron chi connectivity index (χ3n) is 6.14. The fourth-order valence-corrected chi connectivity index (χ4v) is 4.19. The van der Waals surface area contributed by atoms with E-state index in [0.29, 0.717) is 22.9 Å². The summed E-state index contributed by atoms with van der Waals surface area (Å²) in [4.78, 5) is 31.8. The summed E-state index contributed by atoms with van der Waals surface area (Å²) in [6.45, 7) is 3.78. The number of likely N-dealkylation sites (tertiary alicyclic amines) is 1. The number of aromatic amines is 2. The minimum atomic E-state index is -0.255. The van der Waals surface area contributed by atoms with E-state index in [1.807, 2.05) is 19.1 Å². The molecule has 0 bridgehead atoms. The minimum Gasteiger partial charge on any atom is -0.508 e. The predicted molar refractivity (Wildman–Crippen MR) is 118 cm³/mol. The van der Waals surface area contributed by atoms with Crippen LogP contribution in [-0.2, 0) is 11.2 Å². The van der Waals surface area contributed by atoms with Crippen LogP contribution in [0.1, 0.15) is 31.7 Å². The summed E-state index contributed by atoms with van der Waals surface area (Å²) in [5.74, 6) is 0.938. The number of aromatic nitrogens is 2. The summed E-state index contributed by atoms with van der Waals surface area (Å²) < 4.78 is 0. The van der Waals surface area contributed by atoms with Crippen LogP contribution in [-0.4, -0.2) is 45.0 Å².